The van der Waals surface area contributed by atoms with Crippen molar-refractivity contribution in [1.29, 1.82) is 0 Å². The van der Waals surface area contributed by atoms with E-state index in [1.54, 1.807) is 12.3 Å². The fourth-order valence-electron chi connectivity index (χ4n) is 1.58. The molecule has 1 aromatic heterocycles. The quantitative estimate of drug-likeness (QED) is 0.898. The van der Waals surface area contributed by atoms with E-state index in [-0.39, 0.29) is 12.3 Å². The van der Waals surface area contributed by atoms with Crippen LogP contribution in [-0.4, -0.2) is 28.0 Å². The predicted molar refractivity (Wildman–Crippen MR) is 61.8 cm³/mol. The van der Waals surface area contributed by atoms with Crippen molar-refractivity contribution in [2.45, 2.75) is 6.54 Å². The van der Waals surface area contributed by atoms with E-state index in [0.29, 0.717) is 11.1 Å². The first-order chi connectivity index (χ1) is 8.60. The summed E-state index contributed by atoms with van der Waals surface area (Å²) in [6.07, 6.45) is 3.11. The highest BCUT2D eigenvalue weighted by atomic mass is 19.1. The minimum Gasteiger partial charge on any atom is -0.494 e. The maximum absolute atomic E-state index is 13.2. The first kappa shape index (κ1) is 12.1. The average Bonchev–Trinajstić information content (AvgIpc) is 2.77. The van der Waals surface area contributed by atoms with Crippen molar-refractivity contribution in [2.75, 3.05) is 7.11 Å². The van der Waals surface area contributed by atoms with Crippen LogP contribution in [0.1, 0.15) is 0 Å². The van der Waals surface area contributed by atoms with Gasteiger partial charge in [0.05, 0.1) is 13.3 Å². The molecule has 0 spiro atoms. The lowest BCUT2D eigenvalue weighted by Crippen LogP contribution is -2.08. The van der Waals surface area contributed by atoms with Gasteiger partial charge >= 0.3 is 5.97 Å². The van der Waals surface area contributed by atoms with Crippen LogP contribution in [0.5, 0.6) is 5.75 Å². The third kappa shape index (κ3) is 2.48. The Hall–Kier alpha value is -2.37. The van der Waals surface area contributed by atoms with E-state index in [4.69, 9.17) is 9.84 Å². The van der Waals surface area contributed by atoms with Crippen LogP contribution < -0.4 is 4.74 Å². The van der Waals surface area contributed by atoms with Gasteiger partial charge in [0.25, 0.3) is 0 Å². The third-order valence-electron chi connectivity index (χ3n) is 2.41. The smallest absolute Gasteiger partial charge is 0.325 e. The number of carbonyl (C=O) groups is 1. The van der Waals surface area contributed by atoms with E-state index in [1.165, 1.54) is 30.1 Å². The van der Waals surface area contributed by atoms with E-state index in [2.05, 4.69) is 5.10 Å². The predicted octanol–water partition coefficient (Wildman–Crippen LogP) is 1.78. The first-order valence-electron chi connectivity index (χ1n) is 5.18. The first-order valence-corrected chi connectivity index (χ1v) is 5.18. The van der Waals surface area contributed by atoms with Gasteiger partial charge < -0.3 is 9.84 Å². The fraction of sp³-hybridized carbons (Fsp3) is 0.167. The largest absolute Gasteiger partial charge is 0.494 e. The van der Waals surface area contributed by atoms with Gasteiger partial charge in [0, 0.05) is 11.8 Å². The molecule has 0 aliphatic rings. The van der Waals surface area contributed by atoms with Crippen LogP contribution in [0.15, 0.2) is 30.6 Å². The number of carboxylic acid groups (broad SMARTS) is 1. The number of hydrogen-bond donors (Lipinski definition) is 1. The van der Waals surface area contributed by atoms with Gasteiger partial charge in [0.15, 0.2) is 11.6 Å². The molecule has 6 heteroatoms. The average molecular weight is 250 g/mol. The number of methoxy groups -OCH3 is 1. The molecule has 1 heterocycles. The second kappa shape index (κ2) is 4.87. The van der Waals surface area contributed by atoms with Crippen molar-refractivity contribution in [2.24, 2.45) is 0 Å². The summed E-state index contributed by atoms with van der Waals surface area (Å²) in [7, 11) is 1.38. The summed E-state index contributed by atoms with van der Waals surface area (Å²) in [4.78, 5) is 10.5. The van der Waals surface area contributed by atoms with Gasteiger partial charge in [-0.05, 0) is 17.7 Å². The van der Waals surface area contributed by atoms with Crippen molar-refractivity contribution < 1.29 is 19.0 Å². The van der Waals surface area contributed by atoms with E-state index in [0.717, 1.165) is 0 Å². The number of halogens is 1. The van der Waals surface area contributed by atoms with Crippen molar-refractivity contribution >= 4 is 5.97 Å². The Morgan fingerprint density at radius 3 is 2.94 bits per heavy atom. The maximum Gasteiger partial charge on any atom is 0.325 e. The molecule has 2 aromatic rings. The lowest BCUT2D eigenvalue weighted by Gasteiger charge is -2.03. The summed E-state index contributed by atoms with van der Waals surface area (Å²) in [5.41, 5.74) is 1.42. The number of rotatable bonds is 4. The molecule has 1 aromatic carbocycles. The molecule has 0 unspecified atom stereocenters. The minimum absolute atomic E-state index is 0.137. The SMILES string of the molecule is COc1cc(-c2cnn(CC(=O)O)c2)ccc1F. The Morgan fingerprint density at radius 2 is 2.28 bits per heavy atom. The van der Waals surface area contributed by atoms with Crippen LogP contribution in [0.4, 0.5) is 4.39 Å². The van der Waals surface area contributed by atoms with Crippen LogP contribution in [0, 0.1) is 5.82 Å². The standard InChI is InChI=1S/C12H11FN2O3/c1-18-11-4-8(2-3-10(11)13)9-5-14-15(6-9)7-12(16)17/h2-6H,7H2,1H3,(H,16,17). The molecule has 0 amide bonds. The highest BCUT2D eigenvalue weighted by molar-refractivity contribution is 5.67. The number of aromatic nitrogens is 2. The Labute approximate surface area is 102 Å². The highest BCUT2D eigenvalue weighted by Gasteiger charge is 2.08. The number of nitrogens with zero attached hydrogens (tertiary/aromatic N) is 2. The number of aliphatic carboxylic acids is 1. The molecule has 0 saturated carbocycles. The molecule has 0 aliphatic carbocycles. The molecule has 1 N–H and O–H groups in total. The lowest BCUT2D eigenvalue weighted by atomic mass is 10.1. The summed E-state index contributed by atoms with van der Waals surface area (Å²) >= 11 is 0. The van der Waals surface area contributed by atoms with Crippen molar-refractivity contribution in [1.82, 2.24) is 9.78 Å². The molecular formula is C12H11FN2O3. The van der Waals surface area contributed by atoms with Gasteiger partial charge in [-0.1, -0.05) is 6.07 Å². The van der Waals surface area contributed by atoms with Crippen LogP contribution in [0.25, 0.3) is 11.1 Å². The molecule has 0 aliphatic heterocycles. The van der Waals surface area contributed by atoms with Crippen LogP contribution in [0.2, 0.25) is 0 Å². The number of ether oxygens (including phenoxy) is 1. The summed E-state index contributed by atoms with van der Waals surface area (Å²) in [5.74, 6) is -1.28. The van der Waals surface area contributed by atoms with E-state index >= 15 is 0 Å². The van der Waals surface area contributed by atoms with Gasteiger partial charge in [0.2, 0.25) is 0 Å². The third-order valence-corrected chi connectivity index (χ3v) is 2.41. The molecular weight excluding hydrogens is 239 g/mol. The Morgan fingerprint density at radius 1 is 1.50 bits per heavy atom. The van der Waals surface area contributed by atoms with Crippen molar-refractivity contribution in [3.8, 4) is 16.9 Å². The summed E-state index contributed by atoms with van der Waals surface area (Å²) in [5, 5.41) is 12.5. The number of benzene rings is 1. The van der Waals surface area contributed by atoms with Crippen molar-refractivity contribution in [3.63, 3.8) is 0 Å². The molecule has 0 atom stereocenters. The fourth-order valence-corrected chi connectivity index (χ4v) is 1.58. The zero-order chi connectivity index (χ0) is 13.1. The van der Waals surface area contributed by atoms with Gasteiger partial charge in [-0.25, -0.2) is 4.39 Å². The molecule has 0 fully saturated rings. The zero-order valence-corrected chi connectivity index (χ0v) is 9.63. The molecule has 0 radical (unpaired) electrons. The van der Waals surface area contributed by atoms with E-state index in [9.17, 15) is 9.18 Å². The highest BCUT2D eigenvalue weighted by Crippen LogP contribution is 2.25. The Kier molecular flexibility index (Phi) is 3.27. The molecule has 0 bridgehead atoms. The monoisotopic (exact) mass is 250 g/mol. The second-order valence-electron chi connectivity index (χ2n) is 3.67. The summed E-state index contributed by atoms with van der Waals surface area (Å²) in [6, 6.07) is 4.42. The number of hydrogen-bond acceptors (Lipinski definition) is 3. The molecule has 0 saturated heterocycles. The maximum atomic E-state index is 13.2. The number of carboxylic acids is 1. The van der Waals surface area contributed by atoms with Crippen LogP contribution in [0.3, 0.4) is 0 Å². The second-order valence-corrected chi connectivity index (χ2v) is 3.67. The van der Waals surface area contributed by atoms with Gasteiger partial charge in [-0.2, -0.15) is 5.10 Å². The zero-order valence-electron chi connectivity index (χ0n) is 9.63. The van der Waals surface area contributed by atoms with E-state index in [1.807, 2.05) is 0 Å². The topological polar surface area (TPSA) is 64.4 Å². The molecule has 94 valence electrons. The van der Waals surface area contributed by atoms with E-state index < -0.39 is 11.8 Å². The molecule has 18 heavy (non-hydrogen) atoms. The summed E-state index contributed by atoms with van der Waals surface area (Å²) < 4.78 is 19.4. The normalized spacial score (nSPS) is 10.3. The van der Waals surface area contributed by atoms with Crippen LogP contribution >= 0.6 is 0 Å². The minimum atomic E-state index is -0.971. The summed E-state index contributed by atoms with van der Waals surface area (Å²) in [6.45, 7) is -0.210. The van der Waals surface area contributed by atoms with Gasteiger partial charge in [-0.15, -0.1) is 0 Å². The van der Waals surface area contributed by atoms with Crippen molar-refractivity contribution in [3.05, 3.63) is 36.4 Å². The molecule has 5 nitrogen and oxygen atoms in total. The Bertz CT molecular complexity index is 580. The molecule has 2 rings (SSSR count). The Balaban J connectivity index is 2.31. The van der Waals surface area contributed by atoms with Gasteiger partial charge in [-0.3, -0.25) is 9.48 Å². The van der Waals surface area contributed by atoms with Crippen LogP contribution in [-0.2, 0) is 11.3 Å². The lowest BCUT2D eigenvalue weighted by molar-refractivity contribution is -0.137. The van der Waals surface area contributed by atoms with Gasteiger partial charge in [0.1, 0.15) is 6.54 Å².